The standard InChI is InChI=1S/C8H13N5O2S/c1-14-4-6-10-11-8-13(6)12-7(16-8)5-15-3-2-9/h2-5,9H2,1H3. The molecule has 0 radical (unpaired) electrons. The van der Waals surface area contributed by atoms with Crippen molar-refractivity contribution in [1.29, 1.82) is 0 Å². The monoisotopic (exact) mass is 243 g/mol. The Balaban J connectivity index is 2.10. The lowest BCUT2D eigenvalue weighted by molar-refractivity contribution is 0.127. The first-order chi connectivity index (χ1) is 7.85. The molecule has 0 aliphatic rings. The number of nitrogens with two attached hydrogens (primary N) is 1. The maximum atomic E-state index is 5.33. The summed E-state index contributed by atoms with van der Waals surface area (Å²) in [5, 5.41) is 13.1. The summed E-state index contributed by atoms with van der Waals surface area (Å²) >= 11 is 1.45. The summed E-state index contributed by atoms with van der Waals surface area (Å²) in [5.41, 5.74) is 5.33. The molecule has 0 fully saturated rings. The molecule has 8 heteroatoms. The van der Waals surface area contributed by atoms with Crippen molar-refractivity contribution < 1.29 is 9.47 Å². The van der Waals surface area contributed by atoms with Crippen LogP contribution in [0.2, 0.25) is 0 Å². The molecule has 16 heavy (non-hydrogen) atoms. The van der Waals surface area contributed by atoms with Gasteiger partial charge >= 0.3 is 0 Å². The van der Waals surface area contributed by atoms with Gasteiger partial charge in [0.15, 0.2) is 5.82 Å². The van der Waals surface area contributed by atoms with E-state index in [2.05, 4.69) is 15.3 Å². The van der Waals surface area contributed by atoms with Crippen molar-refractivity contribution in [3.8, 4) is 0 Å². The number of methoxy groups -OCH3 is 1. The van der Waals surface area contributed by atoms with Crippen molar-refractivity contribution in [3.05, 3.63) is 10.8 Å². The number of nitrogens with zero attached hydrogens (tertiary/aromatic N) is 4. The van der Waals surface area contributed by atoms with Gasteiger partial charge in [-0.2, -0.15) is 9.61 Å². The van der Waals surface area contributed by atoms with E-state index < -0.39 is 0 Å². The summed E-state index contributed by atoms with van der Waals surface area (Å²) in [7, 11) is 1.61. The highest BCUT2D eigenvalue weighted by Gasteiger charge is 2.10. The molecule has 2 rings (SSSR count). The lowest BCUT2D eigenvalue weighted by Crippen LogP contribution is -2.08. The van der Waals surface area contributed by atoms with E-state index in [1.807, 2.05) is 0 Å². The second-order valence-electron chi connectivity index (χ2n) is 3.08. The Morgan fingerprint density at radius 3 is 3.00 bits per heavy atom. The van der Waals surface area contributed by atoms with E-state index in [4.69, 9.17) is 15.2 Å². The minimum absolute atomic E-state index is 0.397. The second kappa shape index (κ2) is 5.30. The van der Waals surface area contributed by atoms with Gasteiger partial charge in [0.2, 0.25) is 4.96 Å². The van der Waals surface area contributed by atoms with Gasteiger partial charge in [0.1, 0.15) is 18.2 Å². The number of rotatable bonds is 6. The molecule has 0 atom stereocenters. The summed E-state index contributed by atoms with van der Waals surface area (Å²) in [6.07, 6.45) is 0. The van der Waals surface area contributed by atoms with Gasteiger partial charge in [0, 0.05) is 13.7 Å². The molecule has 2 aromatic rings. The predicted octanol–water partition coefficient (Wildman–Crippen LogP) is -0.193. The van der Waals surface area contributed by atoms with E-state index in [0.29, 0.717) is 32.2 Å². The molecular formula is C8H13N5O2S. The Bertz CT molecular complexity index is 454. The second-order valence-corrected chi connectivity index (χ2v) is 4.12. The largest absolute Gasteiger partial charge is 0.377 e. The zero-order chi connectivity index (χ0) is 11.4. The van der Waals surface area contributed by atoms with Gasteiger partial charge in [-0.1, -0.05) is 11.3 Å². The molecule has 0 aliphatic carbocycles. The highest BCUT2D eigenvalue weighted by atomic mass is 32.1. The fraction of sp³-hybridized carbons (Fsp3) is 0.625. The summed E-state index contributed by atoms with van der Waals surface area (Å²) in [5.74, 6) is 0.693. The van der Waals surface area contributed by atoms with Crippen molar-refractivity contribution in [1.82, 2.24) is 19.8 Å². The van der Waals surface area contributed by atoms with Gasteiger partial charge in [-0.3, -0.25) is 0 Å². The minimum Gasteiger partial charge on any atom is -0.377 e. The normalized spacial score (nSPS) is 11.4. The maximum absolute atomic E-state index is 5.33. The maximum Gasteiger partial charge on any atom is 0.234 e. The van der Waals surface area contributed by atoms with Crippen molar-refractivity contribution in [2.45, 2.75) is 13.2 Å². The predicted molar refractivity (Wildman–Crippen MR) is 58.1 cm³/mol. The van der Waals surface area contributed by atoms with Crippen LogP contribution in [0.5, 0.6) is 0 Å². The molecule has 0 bridgehead atoms. The summed E-state index contributed by atoms with van der Waals surface area (Å²) in [6.45, 7) is 1.90. The molecule has 88 valence electrons. The van der Waals surface area contributed by atoms with E-state index >= 15 is 0 Å². The van der Waals surface area contributed by atoms with Crippen LogP contribution in [-0.4, -0.2) is 40.1 Å². The first-order valence-electron chi connectivity index (χ1n) is 4.82. The van der Waals surface area contributed by atoms with Crippen LogP contribution in [0.15, 0.2) is 0 Å². The summed E-state index contributed by atoms with van der Waals surface area (Å²) in [6, 6.07) is 0. The zero-order valence-corrected chi connectivity index (χ0v) is 9.74. The first kappa shape index (κ1) is 11.4. The third kappa shape index (κ3) is 2.35. The van der Waals surface area contributed by atoms with Crippen LogP contribution in [0.3, 0.4) is 0 Å². The Morgan fingerprint density at radius 1 is 1.38 bits per heavy atom. The Hall–Kier alpha value is -1.09. The number of ether oxygens (including phenoxy) is 2. The van der Waals surface area contributed by atoms with Gasteiger partial charge in [0.05, 0.1) is 6.61 Å². The SMILES string of the molecule is COCc1nnc2sc(COCCN)nn12. The Labute approximate surface area is 96.2 Å². The van der Waals surface area contributed by atoms with Crippen LogP contribution < -0.4 is 5.73 Å². The fourth-order valence-corrected chi connectivity index (χ4v) is 2.01. The van der Waals surface area contributed by atoms with E-state index in [-0.39, 0.29) is 0 Å². The van der Waals surface area contributed by atoms with Crippen LogP contribution in [0.4, 0.5) is 0 Å². The van der Waals surface area contributed by atoms with E-state index in [1.165, 1.54) is 11.3 Å². The molecule has 7 nitrogen and oxygen atoms in total. The van der Waals surface area contributed by atoms with Crippen molar-refractivity contribution >= 4 is 16.3 Å². The smallest absolute Gasteiger partial charge is 0.234 e. The Morgan fingerprint density at radius 2 is 2.25 bits per heavy atom. The number of fused-ring (bicyclic) bond motifs is 1. The van der Waals surface area contributed by atoms with Gasteiger partial charge in [0.25, 0.3) is 0 Å². The van der Waals surface area contributed by atoms with Gasteiger partial charge in [-0.05, 0) is 0 Å². The quantitative estimate of drug-likeness (QED) is 0.707. The van der Waals surface area contributed by atoms with Crippen molar-refractivity contribution in [2.24, 2.45) is 5.73 Å². The van der Waals surface area contributed by atoms with Gasteiger partial charge < -0.3 is 15.2 Å². The van der Waals surface area contributed by atoms with Crippen LogP contribution in [0, 0.1) is 0 Å². The third-order valence-corrected chi connectivity index (χ3v) is 2.73. The van der Waals surface area contributed by atoms with Crippen LogP contribution in [-0.2, 0) is 22.7 Å². The first-order valence-corrected chi connectivity index (χ1v) is 5.63. The molecule has 0 spiro atoms. The van der Waals surface area contributed by atoms with E-state index in [1.54, 1.807) is 11.6 Å². The molecular weight excluding hydrogens is 230 g/mol. The molecule has 2 aromatic heterocycles. The molecule has 2 heterocycles. The zero-order valence-electron chi connectivity index (χ0n) is 8.92. The molecule has 0 amide bonds. The van der Waals surface area contributed by atoms with Crippen molar-refractivity contribution in [3.63, 3.8) is 0 Å². The molecule has 2 N–H and O–H groups in total. The molecule has 0 saturated heterocycles. The Kier molecular flexibility index (Phi) is 3.78. The van der Waals surface area contributed by atoms with Crippen LogP contribution in [0.25, 0.3) is 4.96 Å². The number of hydrogen-bond acceptors (Lipinski definition) is 7. The summed E-state index contributed by atoms with van der Waals surface area (Å²) in [4.78, 5) is 0.749. The third-order valence-electron chi connectivity index (χ3n) is 1.86. The molecule has 0 unspecified atom stereocenters. The number of aromatic nitrogens is 4. The molecule has 0 aromatic carbocycles. The topological polar surface area (TPSA) is 87.6 Å². The molecule has 0 saturated carbocycles. The van der Waals surface area contributed by atoms with Crippen LogP contribution >= 0.6 is 11.3 Å². The summed E-state index contributed by atoms with van der Waals surface area (Å²) < 4.78 is 12.0. The fourth-order valence-electron chi connectivity index (χ4n) is 1.22. The van der Waals surface area contributed by atoms with Gasteiger partial charge in [-0.15, -0.1) is 10.2 Å². The van der Waals surface area contributed by atoms with E-state index in [0.717, 1.165) is 9.97 Å². The van der Waals surface area contributed by atoms with Crippen LogP contribution in [0.1, 0.15) is 10.8 Å². The lowest BCUT2D eigenvalue weighted by atomic mass is 10.7. The van der Waals surface area contributed by atoms with E-state index in [9.17, 15) is 0 Å². The average Bonchev–Trinajstić information content (AvgIpc) is 2.81. The minimum atomic E-state index is 0.397. The molecule has 0 aliphatic heterocycles. The highest BCUT2D eigenvalue weighted by molar-refractivity contribution is 7.16. The number of hydrogen-bond donors (Lipinski definition) is 1. The average molecular weight is 243 g/mol. The van der Waals surface area contributed by atoms with Gasteiger partial charge in [-0.25, -0.2) is 0 Å². The van der Waals surface area contributed by atoms with Crippen molar-refractivity contribution in [2.75, 3.05) is 20.3 Å². The lowest BCUT2D eigenvalue weighted by Gasteiger charge is -1.97. The highest BCUT2D eigenvalue weighted by Crippen LogP contribution is 2.14.